The molecule has 0 bridgehead atoms. The van der Waals surface area contributed by atoms with Gasteiger partial charge in [-0.2, -0.15) is 0 Å². The highest BCUT2D eigenvalue weighted by Crippen LogP contribution is 2.19. The minimum Gasteiger partial charge on any atom is -0.326 e. The van der Waals surface area contributed by atoms with Gasteiger partial charge in [0.1, 0.15) is 0 Å². The molecule has 3 aromatic rings. The lowest BCUT2D eigenvalue weighted by atomic mass is 10.1. The van der Waals surface area contributed by atoms with Gasteiger partial charge in [0.15, 0.2) is 0 Å². The molecule has 0 unspecified atom stereocenters. The van der Waals surface area contributed by atoms with Gasteiger partial charge in [-0.3, -0.25) is 0 Å². The third-order valence-electron chi connectivity index (χ3n) is 3.21. The Morgan fingerprint density at radius 3 is 2.45 bits per heavy atom. The Morgan fingerprint density at radius 2 is 1.75 bits per heavy atom. The van der Waals surface area contributed by atoms with E-state index in [1.165, 1.54) is 0 Å². The number of imidazole rings is 1. The van der Waals surface area contributed by atoms with Gasteiger partial charge in [0, 0.05) is 28.8 Å². The zero-order valence-corrected chi connectivity index (χ0v) is 10.9. The van der Waals surface area contributed by atoms with Crippen molar-refractivity contribution in [2.24, 2.45) is 0 Å². The zero-order chi connectivity index (χ0) is 13.8. The second kappa shape index (κ2) is 5.48. The number of benzene rings is 2. The van der Waals surface area contributed by atoms with Crippen LogP contribution in [0, 0.1) is 4.91 Å². The smallest absolute Gasteiger partial charge is 0.253 e. The van der Waals surface area contributed by atoms with E-state index in [0.717, 1.165) is 23.4 Å². The summed E-state index contributed by atoms with van der Waals surface area (Å²) >= 11 is 0. The van der Waals surface area contributed by atoms with Crippen molar-refractivity contribution < 1.29 is 5.18 Å². The van der Waals surface area contributed by atoms with Crippen molar-refractivity contribution in [1.29, 1.82) is 0 Å². The van der Waals surface area contributed by atoms with Gasteiger partial charge in [-0.1, -0.05) is 42.5 Å². The lowest BCUT2D eigenvalue weighted by molar-refractivity contribution is -0.379. The van der Waals surface area contributed by atoms with E-state index in [2.05, 4.69) is 21.7 Å². The number of hydrogen-bond donors (Lipinski definition) is 1. The van der Waals surface area contributed by atoms with Crippen LogP contribution in [-0.4, -0.2) is 9.55 Å². The molecule has 0 aliphatic heterocycles. The van der Waals surface area contributed by atoms with E-state index in [1.54, 1.807) is 12.1 Å². The molecule has 1 N–H and O–H groups in total. The number of nitrogens with zero attached hydrogens (tertiary/aromatic N) is 2. The van der Waals surface area contributed by atoms with E-state index in [-0.39, 0.29) is 0 Å². The fourth-order valence-electron chi connectivity index (χ4n) is 2.17. The first-order chi connectivity index (χ1) is 9.86. The lowest BCUT2D eigenvalue weighted by Gasteiger charge is -2.08. The Balaban J connectivity index is 1.88. The molecule has 3 rings (SSSR count). The minimum absolute atomic E-state index is 0.572. The summed E-state index contributed by atoms with van der Waals surface area (Å²) in [5.74, 6) is 0. The molecule has 1 aromatic heterocycles. The van der Waals surface area contributed by atoms with Gasteiger partial charge in [-0.15, -0.1) is 0 Å². The van der Waals surface area contributed by atoms with Crippen LogP contribution in [0.5, 0.6) is 0 Å². The van der Waals surface area contributed by atoms with Crippen molar-refractivity contribution in [1.82, 2.24) is 9.55 Å². The summed E-state index contributed by atoms with van der Waals surface area (Å²) in [6.07, 6.45) is 3.69. The van der Waals surface area contributed by atoms with Crippen LogP contribution < -0.4 is 5.18 Å². The fraction of sp³-hybridized carbons (Fsp3) is 0.0625. The molecule has 1 heterocycles. The summed E-state index contributed by atoms with van der Waals surface area (Å²) in [6.45, 7) is 0.726. The molecule has 98 valence electrons. The highest BCUT2D eigenvalue weighted by molar-refractivity contribution is 5.58. The maximum Gasteiger partial charge on any atom is 0.253 e. The average molecular weight is 264 g/mol. The molecule has 4 nitrogen and oxygen atoms in total. The van der Waals surface area contributed by atoms with E-state index in [9.17, 15) is 4.91 Å². The van der Waals surface area contributed by atoms with Gasteiger partial charge < -0.3 is 4.57 Å². The largest absolute Gasteiger partial charge is 0.326 e. The first-order valence-corrected chi connectivity index (χ1v) is 6.39. The summed E-state index contributed by atoms with van der Waals surface area (Å²) in [7, 11) is 0. The molecule has 0 saturated carbocycles. The fourth-order valence-corrected chi connectivity index (χ4v) is 2.17. The molecule has 0 amide bonds. The standard InChI is InChI=1S/C16H13N3O/c20-18-15-8-6-13(7-9-15)11-19-12-17-10-16(19)14-4-2-1-3-5-14/h1-10,12H,11H2/p+1. The van der Waals surface area contributed by atoms with Crippen molar-refractivity contribution in [3.63, 3.8) is 0 Å². The van der Waals surface area contributed by atoms with E-state index >= 15 is 0 Å². The van der Waals surface area contributed by atoms with Crippen LogP contribution in [0.15, 0.2) is 67.1 Å². The summed E-state index contributed by atoms with van der Waals surface area (Å²) < 4.78 is 2.09. The van der Waals surface area contributed by atoms with E-state index in [4.69, 9.17) is 0 Å². The maximum atomic E-state index is 10.5. The number of aromatic nitrogens is 2. The van der Waals surface area contributed by atoms with Crippen LogP contribution in [0.3, 0.4) is 0 Å². The van der Waals surface area contributed by atoms with E-state index in [1.807, 2.05) is 48.0 Å². The molecule has 0 atom stereocenters. The molecule has 0 aliphatic rings. The Hall–Kier alpha value is -2.75. The summed E-state index contributed by atoms with van der Waals surface area (Å²) in [5.41, 5.74) is 3.92. The Kier molecular flexibility index (Phi) is 3.37. The SMILES string of the molecule is O=[NH+]c1ccc(Cn2cncc2-c2ccccc2)cc1. The van der Waals surface area contributed by atoms with Gasteiger partial charge in [-0.25, -0.2) is 4.98 Å². The van der Waals surface area contributed by atoms with Crippen molar-refractivity contribution in [3.05, 3.63) is 77.6 Å². The normalized spacial score (nSPS) is 10.4. The second-order valence-electron chi connectivity index (χ2n) is 4.57. The van der Waals surface area contributed by atoms with Gasteiger partial charge in [0.2, 0.25) is 0 Å². The van der Waals surface area contributed by atoms with Crippen LogP contribution in [-0.2, 0) is 6.54 Å². The van der Waals surface area contributed by atoms with Gasteiger partial charge in [0.25, 0.3) is 5.69 Å². The maximum absolute atomic E-state index is 10.5. The van der Waals surface area contributed by atoms with Crippen LogP contribution >= 0.6 is 0 Å². The third kappa shape index (κ3) is 2.49. The molecule has 0 spiro atoms. The molecular weight excluding hydrogens is 250 g/mol. The van der Waals surface area contributed by atoms with Gasteiger partial charge in [0.05, 0.1) is 18.2 Å². The Bertz CT molecular complexity index is 702. The molecule has 0 saturated heterocycles. The predicted octanol–water partition coefficient (Wildman–Crippen LogP) is 2.08. The number of hydrogen-bond acceptors (Lipinski definition) is 2. The molecular formula is C16H14N3O+. The Morgan fingerprint density at radius 1 is 1.00 bits per heavy atom. The van der Waals surface area contributed by atoms with Crippen molar-refractivity contribution in [2.75, 3.05) is 0 Å². The highest BCUT2D eigenvalue weighted by atomic mass is 16.3. The summed E-state index contributed by atoms with van der Waals surface area (Å²) in [6, 6.07) is 17.6. The van der Waals surface area contributed by atoms with Gasteiger partial charge in [-0.05, 0) is 11.1 Å². The van der Waals surface area contributed by atoms with Gasteiger partial charge >= 0.3 is 0 Å². The average Bonchev–Trinajstić information content (AvgIpc) is 2.97. The van der Waals surface area contributed by atoms with Crippen molar-refractivity contribution >= 4 is 5.69 Å². The molecule has 0 aliphatic carbocycles. The van der Waals surface area contributed by atoms with Crippen molar-refractivity contribution in [3.8, 4) is 11.3 Å². The molecule has 0 fully saturated rings. The number of nitroso groups, excluding NO2 is 1. The first-order valence-electron chi connectivity index (χ1n) is 6.39. The predicted molar refractivity (Wildman–Crippen MR) is 77.2 cm³/mol. The topological polar surface area (TPSA) is 48.9 Å². The van der Waals surface area contributed by atoms with Crippen LogP contribution in [0.25, 0.3) is 11.3 Å². The third-order valence-corrected chi connectivity index (χ3v) is 3.21. The summed E-state index contributed by atoms with van der Waals surface area (Å²) in [4.78, 5) is 14.8. The monoisotopic (exact) mass is 264 g/mol. The van der Waals surface area contributed by atoms with Crippen LogP contribution in [0.4, 0.5) is 5.69 Å². The zero-order valence-electron chi connectivity index (χ0n) is 10.9. The molecule has 20 heavy (non-hydrogen) atoms. The van der Waals surface area contributed by atoms with Crippen molar-refractivity contribution in [2.45, 2.75) is 6.54 Å². The summed E-state index contributed by atoms with van der Waals surface area (Å²) in [5, 5.41) is 1.88. The quantitative estimate of drug-likeness (QED) is 0.784. The number of rotatable bonds is 4. The molecule has 4 heteroatoms. The van der Waals surface area contributed by atoms with E-state index < -0.39 is 0 Å². The molecule has 2 aromatic carbocycles. The first kappa shape index (κ1) is 12.3. The second-order valence-corrected chi connectivity index (χ2v) is 4.57. The lowest BCUT2D eigenvalue weighted by Crippen LogP contribution is -2.55. The van der Waals surface area contributed by atoms with Crippen LogP contribution in [0.1, 0.15) is 5.56 Å². The van der Waals surface area contributed by atoms with E-state index in [0.29, 0.717) is 5.69 Å². The minimum atomic E-state index is 0.572. The van der Waals surface area contributed by atoms with Crippen LogP contribution in [0.2, 0.25) is 0 Å². The highest BCUT2D eigenvalue weighted by Gasteiger charge is 2.06. The number of nitrogens with one attached hydrogen (secondary N) is 1. The Labute approximate surface area is 116 Å². The molecule has 0 radical (unpaired) electrons.